The van der Waals surface area contributed by atoms with Gasteiger partial charge in [0.25, 0.3) is 5.91 Å². The Kier molecular flexibility index (Phi) is 5.03. The molecule has 0 saturated heterocycles. The fraction of sp³-hybridized carbons (Fsp3) is 0.125. The summed E-state index contributed by atoms with van der Waals surface area (Å²) in [6.45, 7) is 1.65. The predicted octanol–water partition coefficient (Wildman–Crippen LogP) is 2.04. The number of benzene rings is 2. The first-order valence-corrected chi connectivity index (χ1v) is 6.88. The minimum absolute atomic E-state index is 0.124. The minimum atomic E-state index is -0.630. The van der Waals surface area contributed by atoms with E-state index < -0.39 is 18.2 Å². The highest BCUT2D eigenvalue weighted by Gasteiger charge is 2.12. The number of carbonyl (C=O) groups excluding carboxylic acids is 2. The average molecular weight is 315 g/mol. The quantitative estimate of drug-likeness (QED) is 0.632. The largest absolute Gasteiger partial charge is 0.508 e. The van der Waals surface area contributed by atoms with Gasteiger partial charge in [-0.2, -0.15) is 0 Å². The first-order chi connectivity index (χ1) is 11.0. The molecule has 0 aliphatic rings. The number of hydrogen-bond donors (Lipinski definition) is 4. The van der Waals surface area contributed by atoms with Crippen LogP contribution in [0.3, 0.4) is 0 Å². The highest BCUT2D eigenvalue weighted by atomic mass is 16.5. The third-order valence-electron chi connectivity index (χ3n) is 2.92. The number of amides is 3. The van der Waals surface area contributed by atoms with Crippen LogP contribution < -0.4 is 21.1 Å². The van der Waals surface area contributed by atoms with Crippen molar-refractivity contribution in [2.75, 3.05) is 5.32 Å². The van der Waals surface area contributed by atoms with Crippen LogP contribution in [0.1, 0.15) is 17.3 Å². The Hall–Kier alpha value is -3.22. The van der Waals surface area contributed by atoms with Gasteiger partial charge in [0.2, 0.25) is 0 Å². The van der Waals surface area contributed by atoms with Crippen LogP contribution in [0.25, 0.3) is 0 Å². The van der Waals surface area contributed by atoms with Crippen LogP contribution in [0.15, 0.2) is 48.5 Å². The SMILES string of the molecule is CC(NC(=O)Nc1ccccc1C(N)=O)Oc1ccc(O)cc1. The maximum absolute atomic E-state index is 11.9. The molecule has 7 heteroatoms. The number of phenolic OH excluding ortho intramolecular Hbond substituents is 1. The van der Waals surface area contributed by atoms with Crippen molar-refractivity contribution in [3.05, 3.63) is 54.1 Å². The Bertz CT molecular complexity index is 701. The van der Waals surface area contributed by atoms with Crippen molar-refractivity contribution in [2.45, 2.75) is 13.2 Å². The maximum atomic E-state index is 11.9. The number of nitrogens with one attached hydrogen (secondary N) is 2. The summed E-state index contributed by atoms with van der Waals surface area (Å²) in [7, 11) is 0. The van der Waals surface area contributed by atoms with Crippen LogP contribution in [0, 0.1) is 0 Å². The van der Waals surface area contributed by atoms with Crippen molar-refractivity contribution < 1.29 is 19.4 Å². The molecule has 7 nitrogen and oxygen atoms in total. The zero-order valence-electron chi connectivity index (χ0n) is 12.4. The molecule has 1 atom stereocenters. The van der Waals surface area contributed by atoms with Gasteiger partial charge in [0.15, 0.2) is 6.23 Å². The van der Waals surface area contributed by atoms with Crippen LogP contribution in [0.4, 0.5) is 10.5 Å². The summed E-state index contributed by atoms with van der Waals surface area (Å²) < 4.78 is 5.48. The molecule has 5 N–H and O–H groups in total. The van der Waals surface area contributed by atoms with E-state index in [1.807, 2.05) is 0 Å². The second-order valence-electron chi connectivity index (χ2n) is 4.76. The average Bonchev–Trinajstić information content (AvgIpc) is 2.49. The first kappa shape index (κ1) is 16.2. The van der Waals surface area contributed by atoms with Crippen molar-refractivity contribution in [1.82, 2.24) is 5.32 Å². The molecule has 0 bridgehead atoms. The van der Waals surface area contributed by atoms with Gasteiger partial charge in [0, 0.05) is 0 Å². The first-order valence-electron chi connectivity index (χ1n) is 6.88. The number of urea groups is 1. The Morgan fingerprint density at radius 1 is 1.13 bits per heavy atom. The summed E-state index contributed by atoms with van der Waals surface area (Å²) >= 11 is 0. The number of nitrogens with two attached hydrogens (primary N) is 1. The van der Waals surface area contributed by atoms with Crippen molar-refractivity contribution in [2.24, 2.45) is 5.73 Å². The van der Waals surface area contributed by atoms with Crippen molar-refractivity contribution in [3.8, 4) is 11.5 Å². The molecule has 3 amide bonds. The van der Waals surface area contributed by atoms with Gasteiger partial charge in [0.1, 0.15) is 11.5 Å². The second kappa shape index (κ2) is 7.17. The van der Waals surface area contributed by atoms with E-state index in [9.17, 15) is 14.7 Å². The Labute approximate surface area is 133 Å². The highest BCUT2D eigenvalue weighted by Crippen LogP contribution is 2.17. The fourth-order valence-electron chi connectivity index (χ4n) is 1.91. The minimum Gasteiger partial charge on any atom is -0.508 e. The number of aromatic hydroxyl groups is 1. The van der Waals surface area contributed by atoms with E-state index >= 15 is 0 Å². The Balaban J connectivity index is 1.94. The van der Waals surface area contributed by atoms with E-state index in [-0.39, 0.29) is 11.3 Å². The molecule has 0 aliphatic heterocycles. The molecule has 0 fully saturated rings. The number of hydrogen-bond acceptors (Lipinski definition) is 4. The standard InChI is InChI=1S/C16H17N3O4/c1-10(23-12-8-6-11(20)7-9-12)18-16(22)19-14-5-3-2-4-13(14)15(17)21/h2-10,20H,1H3,(H2,17,21)(H2,18,19,22). The molecule has 2 aromatic carbocycles. The monoisotopic (exact) mass is 315 g/mol. The van der Waals surface area contributed by atoms with E-state index in [1.54, 1.807) is 37.3 Å². The molecule has 23 heavy (non-hydrogen) atoms. The van der Waals surface area contributed by atoms with Gasteiger partial charge >= 0.3 is 6.03 Å². The number of primary amides is 1. The molecule has 120 valence electrons. The summed E-state index contributed by atoms with van der Waals surface area (Å²) in [5.41, 5.74) is 5.78. The molecule has 2 aromatic rings. The van der Waals surface area contributed by atoms with Crippen LogP contribution in [-0.4, -0.2) is 23.3 Å². The smallest absolute Gasteiger partial charge is 0.322 e. The van der Waals surface area contributed by atoms with Crippen LogP contribution >= 0.6 is 0 Å². The lowest BCUT2D eigenvalue weighted by atomic mass is 10.1. The molecule has 0 aliphatic carbocycles. The molecule has 1 unspecified atom stereocenters. The van der Waals surface area contributed by atoms with Gasteiger partial charge in [-0.3, -0.25) is 4.79 Å². The normalized spacial score (nSPS) is 11.3. The van der Waals surface area contributed by atoms with Gasteiger partial charge in [-0.1, -0.05) is 12.1 Å². The van der Waals surface area contributed by atoms with Gasteiger partial charge in [-0.25, -0.2) is 4.79 Å². The van der Waals surface area contributed by atoms with Crippen LogP contribution in [-0.2, 0) is 0 Å². The zero-order chi connectivity index (χ0) is 16.8. The topological polar surface area (TPSA) is 114 Å². The van der Waals surface area contributed by atoms with Crippen molar-refractivity contribution in [1.29, 1.82) is 0 Å². The predicted molar refractivity (Wildman–Crippen MR) is 85.3 cm³/mol. The molecule has 0 aromatic heterocycles. The van der Waals surface area contributed by atoms with Gasteiger partial charge in [0.05, 0.1) is 11.3 Å². The van der Waals surface area contributed by atoms with E-state index in [0.29, 0.717) is 11.4 Å². The number of para-hydroxylation sites is 1. The van der Waals surface area contributed by atoms with Gasteiger partial charge < -0.3 is 26.2 Å². The summed E-state index contributed by atoms with van der Waals surface area (Å²) in [6.07, 6.45) is -0.625. The van der Waals surface area contributed by atoms with E-state index in [4.69, 9.17) is 10.5 Å². The number of ether oxygens (including phenoxy) is 1. The molecular weight excluding hydrogens is 298 g/mol. The highest BCUT2D eigenvalue weighted by molar-refractivity contribution is 6.02. The molecular formula is C16H17N3O4. The van der Waals surface area contributed by atoms with Crippen molar-refractivity contribution in [3.63, 3.8) is 0 Å². The summed E-state index contributed by atoms with van der Waals surface area (Å²) in [6, 6.07) is 12.0. The third-order valence-corrected chi connectivity index (χ3v) is 2.92. The van der Waals surface area contributed by atoms with Gasteiger partial charge in [-0.05, 0) is 43.3 Å². The van der Waals surface area contributed by atoms with E-state index in [2.05, 4.69) is 10.6 Å². The van der Waals surface area contributed by atoms with E-state index in [0.717, 1.165) is 0 Å². The number of phenols is 1. The Morgan fingerprint density at radius 3 is 2.43 bits per heavy atom. The summed E-state index contributed by atoms with van der Waals surface area (Å²) in [5.74, 6) is -0.0128. The second-order valence-corrected chi connectivity index (χ2v) is 4.76. The number of anilines is 1. The molecule has 0 radical (unpaired) electrons. The molecule has 0 heterocycles. The van der Waals surface area contributed by atoms with Crippen LogP contribution in [0.2, 0.25) is 0 Å². The van der Waals surface area contributed by atoms with E-state index in [1.165, 1.54) is 18.2 Å². The number of carbonyl (C=O) groups is 2. The Morgan fingerprint density at radius 2 is 1.78 bits per heavy atom. The summed E-state index contributed by atoms with van der Waals surface area (Å²) in [4.78, 5) is 23.2. The molecule has 0 saturated carbocycles. The fourth-order valence-corrected chi connectivity index (χ4v) is 1.91. The maximum Gasteiger partial charge on any atom is 0.322 e. The molecule has 2 rings (SSSR count). The summed E-state index contributed by atoms with van der Waals surface area (Å²) in [5, 5.41) is 14.3. The lowest BCUT2D eigenvalue weighted by molar-refractivity contribution is 0.100. The molecule has 0 spiro atoms. The van der Waals surface area contributed by atoms with Gasteiger partial charge in [-0.15, -0.1) is 0 Å². The van der Waals surface area contributed by atoms with Crippen LogP contribution in [0.5, 0.6) is 11.5 Å². The van der Waals surface area contributed by atoms with Crippen molar-refractivity contribution >= 4 is 17.6 Å². The third kappa shape index (κ3) is 4.63. The lowest BCUT2D eigenvalue weighted by Gasteiger charge is -2.17. The zero-order valence-corrected chi connectivity index (χ0v) is 12.4. The lowest BCUT2D eigenvalue weighted by Crippen LogP contribution is -2.39. The number of rotatable bonds is 5.